The highest BCUT2D eigenvalue weighted by molar-refractivity contribution is 6.22. The fourth-order valence-electron chi connectivity index (χ4n) is 5.87. The number of nitrogens with zero attached hydrogens (tertiary/aromatic N) is 1. The van der Waals surface area contributed by atoms with Crippen LogP contribution in [0.3, 0.4) is 0 Å². The Kier molecular flexibility index (Phi) is 6.73. The van der Waals surface area contributed by atoms with E-state index in [0.717, 1.165) is 0 Å². The molecular formula is C28H32N2O8. The second-order valence-electron chi connectivity index (χ2n) is 10.9. The van der Waals surface area contributed by atoms with Gasteiger partial charge >= 0.3 is 0 Å². The lowest BCUT2D eigenvalue weighted by atomic mass is 9.59. The standard InChI is InChI=1S/C28H32N2O8/c1-12(2)7-16(31)6-5-13-10-18(30(3)4)17-9-14-8-15-11-19(32)22(27(29)37)26(36)28(15,38)25(35)20(14)24(34)21(17)23(13)33/h5-6,10,12,14-15,33-34,36,38H,7-9,11H2,1-4H3,(H2,29,37)/b6-5+/t14-,15+,28+/m1/s1. The highest BCUT2D eigenvalue weighted by Crippen LogP contribution is 2.53. The van der Waals surface area contributed by atoms with Gasteiger partial charge in [-0.05, 0) is 48.5 Å². The van der Waals surface area contributed by atoms with Gasteiger partial charge in [-0.3, -0.25) is 19.2 Å². The van der Waals surface area contributed by atoms with E-state index in [0.29, 0.717) is 17.7 Å². The minimum absolute atomic E-state index is 0.0145. The number of phenolic OH excluding ortho intramolecular Hbond substituents is 1. The smallest absolute Gasteiger partial charge is 0.255 e. The van der Waals surface area contributed by atoms with E-state index in [9.17, 15) is 39.6 Å². The molecule has 0 heterocycles. The number of aromatic hydroxyl groups is 1. The summed E-state index contributed by atoms with van der Waals surface area (Å²) < 4.78 is 0. The van der Waals surface area contributed by atoms with E-state index in [2.05, 4.69) is 0 Å². The largest absolute Gasteiger partial charge is 0.508 e. The number of fused-ring (bicyclic) bond motifs is 3. The van der Waals surface area contributed by atoms with Gasteiger partial charge in [-0.15, -0.1) is 0 Å². The number of primary amides is 1. The summed E-state index contributed by atoms with van der Waals surface area (Å²) in [5.41, 5.74) is 3.00. The number of amides is 1. The quantitative estimate of drug-likeness (QED) is 0.275. The second-order valence-corrected chi connectivity index (χ2v) is 10.9. The van der Waals surface area contributed by atoms with Crippen LogP contribution < -0.4 is 10.6 Å². The van der Waals surface area contributed by atoms with Crippen molar-refractivity contribution in [2.75, 3.05) is 19.0 Å². The molecule has 3 aliphatic rings. The molecule has 0 saturated heterocycles. The number of phenols is 1. The monoisotopic (exact) mass is 524 g/mol. The Balaban J connectivity index is 1.90. The zero-order chi connectivity index (χ0) is 28.3. The van der Waals surface area contributed by atoms with Crippen molar-refractivity contribution >= 4 is 40.8 Å². The van der Waals surface area contributed by atoms with Crippen molar-refractivity contribution in [1.29, 1.82) is 0 Å². The van der Waals surface area contributed by atoms with Crippen molar-refractivity contribution in [3.05, 3.63) is 45.7 Å². The first-order valence-electron chi connectivity index (χ1n) is 12.4. The van der Waals surface area contributed by atoms with Crippen molar-refractivity contribution in [3.63, 3.8) is 0 Å². The first-order valence-corrected chi connectivity index (χ1v) is 12.4. The Morgan fingerprint density at radius 1 is 1.18 bits per heavy atom. The highest BCUT2D eigenvalue weighted by Gasteiger charge is 2.60. The third kappa shape index (κ3) is 4.09. The van der Waals surface area contributed by atoms with Gasteiger partial charge in [-0.2, -0.15) is 0 Å². The summed E-state index contributed by atoms with van der Waals surface area (Å²) in [4.78, 5) is 52.0. The molecule has 1 aromatic rings. The Bertz CT molecular complexity index is 1370. The molecule has 38 heavy (non-hydrogen) atoms. The number of allylic oxidation sites excluding steroid dienone is 1. The maximum Gasteiger partial charge on any atom is 0.255 e. The maximum absolute atomic E-state index is 13.7. The number of benzene rings is 1. The number of carbonyl (C=O) groups excluding carboxylic acids is 4. The molecule has 0 aromatic heterocycles. The number of rotatable bonds is 6. The molecule has 0 radical (unpaired) electrons. The first kappa shape index (κ1) is 27.1. The van der Waals surface area contributed by atoms with E-state index in [1.54, 1.807) is 25.1 Å². The van der Waals surface area contributed by atoms with Gasteiger partial charge in [0.25, 0.3) is 5.91 Å². The summed E-state index contributed by atoms with van der Waals surface area (Å²) in [6.07, 6.45) is 3.00. The maximum atomic E-state index is 13.7. The van der Waals surface area contributed by atoms with Crippen LogP contribution in [0.2, 0.25) is 0 Å². The molecule has 6 N–H and O–H groups in total. The molecule has 1 amide bonds. The number of ketones is 3. The van der Waals surface area contributed by atoms with Crippen molar-refractivity contribution in [2.24, 2.45) is 23.5 Å². The molecule has 3 aliphatic carbocycles. The number of nitrogens with two attached hydrogens (primary N) is 1. The van der Waals surface area contributed by atoms with Gasteiger partial charge in [-0.1, -0.05) is 13.8 Å². The van der Waals surface area contributed by atoms with Crippen LogP contribution in [-0.4, -0.2) is 63.4 Å². The van der Waals surface area contributed by atoms with E-state index in [1.165, 1.54) is 12.2 Å². The zero-order valence-corrected chi connectivity index (χ0v) is 21.7. The predicted octanol–water partition coefficient (Wildman–Crippen LogP) is 2.12. The van der Waals surface area contributed by atoms with Gasteiger partial charge in [0.1, 0.15) is 22.8 Å². The average Bonchev–Trinajstić information content (AvgIpc) is 2.80. The van der Waals surface area contributed by atoms with Crippen LogP contribution >= 0.6 is 0 Å². The zero-order valence-electron chi connectivity index (χ0n) is 21.7. The topological polar surface area (TPSA) is 178 Å². The van der Waals surface area contributed by atoms with E-state index in [4.69, 9.17) is 5.73 Å². The van der Waals surface area contributed by atoms with Crippen LogP contribution in [0.25, 0.3) is 11.8 Å². The van der Waals surface area contributed by atoms with Crippen LogP contribution in [0, 0.1) is 17.8 Å². The molecule has 4 rings (SSSR count). The number of aliphatic hydroxyl groups is 3. The van der Waals surface area contributed by atoms with E-state index >= 15 is 0 Å². The van der Waals surface area contributed by atoms with Crippen LogP contribution in [0.5, 0.6) is 5.75 Å². The van der Waals surface area contributed by atoms with Crippen molar-refractivity contribution in [2.45, 2.75) is 45.1 Å². The number of aliphatic hydroxyl groups excluding tert-OH is 2. The minimum atomic E-state index is -2.61. The molecule has 10 heteroatoms. The number of hydrogen-bond acceptors (Lipinski definition) is 9. The lowest BCUT2D eigenvalue weighted by Crippen LogP contribution is -2.58. The number of carbonyl (C=O) groups is 4. The van der Waals surface area contributed by atoms with Crippen LogP contribution in [0.4, 0.5) is 5.69 Å². The number of hydrogen-bond donors (Lipinski definition) is 5. The first-order chi connectivity index (χ1) is 17.7. The molecule has 0 aliphatic heterocycles. The van der Waals surface area contributed by atoms with Gasteiger partial charge in [0, 0.05) is 49.7 Å². The minimum Gasteiger partial charge on any atom is -0.508 e. The van der Waals surface area contributed by atoms with Crippen molar-refractivity contribution in [3.8, 4) is 5.75 Å². The summed E-state index contributed by atoms with van der Waals surface area (Å²) in [5.74, 6) is -6.75. The fraction of sp³-hybridized carbons (Fsp3) is 0.429. The lowest BCUT2D eigenvalue weighted by molar-refractivity contribution is -0.147. The molecule has 1 aromatic carbocycles. The molecule has 1 fully saturated rings. The molecule has 202 valence electrons. The van der Waals surface area contributed by atoms with E-state index < -0.39 is 52.0 Å². The van der Waals surface area contributed by atoms with Gasteiger partial charge < -0.3 is 31.1 Å². The van der Waals surface area contributed by atoms with Gasteiger partial charge in [0.05, 0.1) is 5.56 Å². The molecule has 10 nitrogen and oxygen atoms in total. The summed E-state index contributed by atoms with van der Waals surface area (Å²) in [7, 11) is 3.55. The van der Waals surface area contributed by atoms with Gasteiger partial charge in [-0.25, -0.2) is 0 Å². The molecular weight excluding hydrogens is 492 g/mol. The second kappa shape index (κ2) is 9.43. The van der Waals surface area contributed by atoms with E-state index in [1.807, 2.05) is 13.8 Å². The Morgan fingerprint density at radius 2 is 1.84 bits per heavy atom. The van der Waals surface area contributed by atoms with E-state index in [-0.39, 0.29) is 53.4 Å². The third-order valence-corrected chi connectivity index (χ3v) is 7.61. The Hall–Kier alpha value is -3.92. The van der Waals surface area contributed by atoms with Gasteiger partial charge in [0.15, 0.2) is 17.2 Å². The Morgan fingerprint density at radius 3 is 2.42 bits per heavy atom. The van der Waals surface area contributed by atoms with Crippen LogP contribution in [0.1, 0.15) is 49.8 Å². The summed E-state index contributed by atoms with van der Waals surface area (Å²) in [6, 6.07) is 1.68. The molecule has 0 bridgehead atoms. The van der Waals surface area contributed by atoms with Crippen molar-refractivity contribution < 1.29 is 39.6 Å². The molecule has 0 spiro atoms. The number of anilines is 1. The van der Waals surface area contributed by atoms with Crippen LogP contribution in [0.15, 0.2) is 29.0 Å². The fourth-order valence-corrected chi connectivity index (χ4v) is 5.87. The normalized spacial score (nSPS) is 25.0. The van der Waals surface area contributed by atoms with Gasteiger partial charge in [0.2, 0.25) is 5.78 Å². The number of Topliss-reactive ketones (excluding diaryl/α,β-unsaturated/α-hetero) is 2. The summed E-state index contributed by atoms with van der Waals surface area (Å²) in [5, 5.41) is 44.6. The third-order valence-electron chi connectivity index (χ3n) is 7.61. The van der Waals surface area contributed by atoms with Crippen LogP contribution in [-0.2, 0) is 25.6 Å². The Labute approximate surface area is 219 Å². The lowest BCUT2D eigenvalue weighted by Gasteiger charge is -2.46. The molecule has 1 saturated carbocycles. The summed E-state index contributed by atoms with van der Waals surface area (Å²) in [6.45, 7) is 3.82. The SMILES string of the molecule is CC(C)CC(=O)/C=C/c1cc(N(C)C)c2c(c1O)C(O)=C1C(=O)[C@]3(O)C(O)=C(C(N)=O)C(=O)C[C@@H]3C[C@@H]1C2. The van der Waals surface area contributed by atoms with Crippen molar-refractivity contribution in [1.82, 2.24) is 0 Å². The highest BCUT2D eigenvalue weighted by atomic mass is 16.3. The molecule has 3 atom stereocenters. The summed E-state index contributed by atoms with van der Waals surface area (Å²) >= 11 is 0. The molecule has 0 unspecified atom stereocenters. The average molecular weight is 525 g/mol. The predicted molar refractivity (Wildman–Crippen MR) is 139 cm³/mol.